The molecule has 210 valence electrons. The van der Waals surface area contributed by atoms with E-state index in [0.717, 1.165) is 33.0 Å². The van der Waals surface area contributed by atoms with E-state index in [0.29, 0.717) is 16.3 Å². The van der Waals surface area contributed by atoms with Crippen LogP contribution < -0.4 is 0 Å². The molecule has 0 aliphatic heterocycles. The molecule has 0 saturated carbocycles. The number of phenols is 7. The van der Waals surface area contributed by atoms with Gasteiger partial charge in [-0.15, -0.1) is 0 Å². The molecular weight excluding hydrogens is 544 g/mol. The van der Waals surface area contributed by atoms with Gasteiger partial charge in [0, 0.05) is 16.5 Å². The van der Waals surface area contributed by atoms with Gasteiger partial charge in [0.05, 0.1) is 5.39 Å². The fourth-order valence-corrected chi connectivity index (χ4v) is 6.05. The van der Waals surface area contributed by atoms with E-state index in [2.05, 4.69) is 12.1 Å². The maximum atomic E-state index is 11.3. The number of hydrogen-bond donors (Lipinski definition) is 7. The zero-order valence-electron chi connectivity index (χ0n) is 22.4. The lowest BCUT2D eigenvalue weighted by Crippen LogP contribution is -1.93. The minimum absolute atomic E-state index is 0.147. The van der Waals surface area contributed by atoms with E-state index in [1.165, 1.54) is 0 Å². The van der Waals surface area contributed by atoms with E-state index in [-0.39, 0.29) is 10.9 Å². The first-order valence-corrected chi connectivity index (χ1v) is 13.5. The molecule has 7 nitrogen and oxygen atoms in total. The fourth-order valence-electron chi connectivity index (χ4n) is 6.05. The van der Waals surface area contributed by atoms with Crippen LogP contribution in [0, 0.1) is 0 Å². The summed E-state index contributed by atoms with van der Waals surface area (Å²) in [4.78, 5) is 0. The molecule has 0 fully saturated rings. The van der Waals surface area contributed by atoms with Gasteiger partial charge >= 0.3 is 0 Å². The highest BCUT2D eigenvalue weighted by molar-refractivity contribution is 6.26. The van der Waals surface area contributed by atoms with Crippen molar-refractivity contribution < 1.29 is 35.7 Å². The molecule has 0 aromatic heterocycles. The van der Waals surface area contributed by atoms with Crippen LogP contribution in [-0.4, -0.2) is 35.7 Å². The molecule has 0 spiro atoms. The molecule has 7 heteroatoms. The van der Waals surface area contributed by atoms with Crippen LogP contribution in [0.15, 0.2) is 103 Å². The van der Waals surface area contributed by atoms with Gasteiger partial charge in [0.1, 0.15) is 0 Å². The van der Waals surface area contributed by atoms with Crippen molar-refractivity contribution >= 4 is 32.3 Å². The highest BCUT2D eigenvalue weighted by Gasteiger charge is 2.31. The Labute approximate surface area is 244 Å². The van der Waals surface area contributed by atoms with Gasteiger partial charge in [-0.1, -0.05) is 103 Å². The quantitative estimate of drug-likeness (QED) is 0.0649. The standard InChI is InChI=1S/C36H24O7/c37-30-27(28-29(32(39)34(30)41)33(40)36(43)35(42)31(28)38)26-23-12-6-4-10-21(23)25(22-11-5-7-13-24(22)26)20-16-14-19(15-17-20)18-8-2-1-3-9-18/h1-17,37-43H. The second kappa shape index (κ2) is 9.49. The Bertz CT molecular complexity index is 2170. The normalized spacial score (nSPS) is 11.4. The minimum Gasteiger partial charge on any atom is -0.504 e. The SMILES string of the molecule is Oc1c(O)c(O)c2c(-c3c4ccccc4c(-c4ccc(-c5ccccc5)cc4)c4ccccc34)c(O)c(O)c(O)c2c1O. The van der Waals surface area contributed by atoms with Gasteiger partial charge in [-0.25, -0.2) is 0 Å². The van der Waals surface area contributed by atoms with Crippen molar-refractivity contribution in [2.45, 2.75) is 0 Å². The third-order valence-corrected chi connectivity index (χ3v) is 8.03. The Hall–Kier alpha value is -6.08. The first-order chi connectivity index (χ1) is 20.8. The van der Waals surface area contributed by atoms with Crippen molar-refractivity contribution in [3.8, 4) is 73.6 Å². The number of fused-ring (bicyclic) bond motifs is 3. The molecule has 0 aliphatic rings. The van der Waals surface area contributed by atoms with Crippen molar-refractivity contribution in [1.29, 1.82) is 0 Å². The second-order valence-corrected chi connectivity index (χ2v) is 10.3. The molecule has 0 bridgehead atoms. The molecule has 0 saturated heterocycles. The summed E-state index contributed by atoms with van der Waals surface area (Å²) in [6, 6.07) is 33.1. The minimum atomic E-state index is -1.08. The molecular formula is C36H24O7. The van der Waals surface area contributed by atoms with E-state index in [1.807, 2.05) is 91.0 Å². The van der Waals surface area contributed by atoms with Gasteiger partial charge in [-0.3, -0.25) is 0 Å². The highest BCUT2D eigenvalue weighted by atomic mass is 16.3. The highest BCUT2D eigenvalue weighted by Crippen LogP contribution is 2.61. The smallest absolute Gasteiger partial charge is 0.205 e. The Balaban J connectivity index is 1.63. The van der Waals surface area contributed by atoms with E-state index >= 15 is 0 Å². The summed E-state index contributed by atoms with van der Waals surface area (Å²) in [6.07, 6.45) is 0. The van der Waals surface area contributed by atoms with E-state index in [4.69, 9.17) is 0 Å². The van der Waals surface area contributed by atoms with Crippen LogP contribution in [0.3, 0.4) is 0 Å². The molecule has 0 atom stereocenters. The van der Waals surface area contributed by atoms with Crippen LogP contribution in [0.25, 0.3) is 65.7 Å². The average molecular weight is 569 g/mol. The van der Waals surface area contributed by atoms with Crippen molar-refractivity contribution in [3.63, 3.8) is 0 Å². The van der Waals surface area contributed by atoms with Crippen molar-refractivity contribution in [2.75, 3.05) is 0 Å². The molecule has 7 aromatic carbocycles. The summed E-state index contributed by atoms with van der Waals surface area (Å²) < 4.78 is 0. The number of benzene rings is 7. The predicted molar refractivity (Wildman–Crippen MR) is 167 cm³/mol. The summed E-state index contributed by atoms with van der Waals surface area (Å²) in [6.45, 7) is 0. The summed E-state index contributed by atoms with van der Waals surface area (Å²) in [7, 11) is 0. The molecule has 0 heterocycles. The third kappa shape index (κ3) is 3.68. The summed E-state index contributed by atoms with van der Waals surface area (Å²) in [5, 5.41) is 77.1. The van der Waals surface area contributed by atoms with Gasteiger partial charge in [0.15, 0.2) is 23.0 Å². The third-order valence-electron chi connectivity index (χ3n) is 8.03. The monoisotopic (exact) mass is 568 g/mol. The summed E-state index contributed by atoms with van der Waals surface area (Å²) in [5.41, 5.74) is 4.22. The van der Waals surface area contributed by atoms with Gasteiger partial charge < -0.3 is 35.7 Å². The lowest BCUT2D eigenvalue weighted by molar-refractivity contribution is 0.347. The van der Waals surface area contributed by atoms with Gasteiger partial charge in [0.25, 0.3) is 0 Å². The Morgan fingerprint density at radius 3 is 1.14 bits per heavy atom. The number of phenolic OH excluding ortho intramolecular Hbond substituents is 7. The lowest BCUT2D eigenvalue weighted by atomic mass is 9.83. The maximum Gasteiger partial charge on any atom is 0.205 e. The van der Waals surface area contributed by atoms with Gasteiger partial charge in [-0.2, -0.15) is 0 Å². The van der Waals surface area contributed by atoms with Crippen molar-refractivity contribution in [1.82, 2.24) is 0 Å². The van der Waals surface area contributed by atoms with E-state index < -0.39 is 45.6 Å². The number of hydrogen-bond acceptors (Lipinski definition) is 7. The Kier molecular flexibility index (Phi) is 5.71. The Morgan fingerprint density at radius 1 is 0.256 bits per heavy atom. The summed E-state index contributed by atoms with van der Waals surface area (Å²) in [5.74, 6) is -6.69. The van der Waals surface area contributed by atoms with Crippen LogP contribution in [0.1, 0.15) is 0 Å². The number of aromatic hydroxyl groups is 7. The molecule has 0 aliphatic carbocycles. The first-order valence-electron chi connectivity index (χ1n) is 13.5. The van der Waals surface area contributed by atoms with E-state index in [1.54, 1.807) is 0 Å². The first kappa shape index (κ1) is 25.9. The molecule has 43 heavy (non-hydrogen) atoms. The van der Waals surface area contributed by atoms with Gasteiger partial charge in [0.2, 0.25) is 17.2 Å². The Morgan fingerprint density at radius 2 is 0.628 bits per heavy atom. The van der Waals surface area contributed by atoms with Crippen LogP contribution in [0.4, 0.5) is 0 Å². The number of rotatable bonds is 3. The van der Waals surface area contributed by atoms with E-state index in [9.17, 15) is 35.7 Å². The molecule has 7 aromatic rings. The van der Waals surface area contributed by atoms with Crippen LogP contribution in [0.5, 0.6) is 40.2 Å². The zero-order valence-corrected chi connectivity index (χ0v) is 22.4. The molecule has 7 rings (SSSR count). The fraction of sp³-hybridized carbons (Fsp3) is 0. The lowest BCUT2D eigenvalue weighted by Gasteiger charge is -2.21. The average Bonchev–Trinajstić information content (AvgIpc) is 3.05. The molecule has 0 unspecified atom stereocenters. The van der Waals surface area contributed by atoms with Crippen molar-refractivity contribution in [2.24, 2.45) is 0 Å². The maximum absolute atomic E-state index is 11.3. The summed E-state index contributed by atoms with van der Waals surface area (Å²) >= 11 is 0. The molecule has 0 amide bonds. The largest absolute Gasteiger partial charge is 0.504 e. The topological polar surface area (TPSA) is 142 Å². The zero-order chi connectivity index (χ0) is 30.0. The second-order valence-electron chi connectivity index (χ2n) is 10.3. The molecule has 7 N–H and O–H groups in total. The van der Waals surface area contributed by atoms with Crippen LogP contribution in [-0.2, 0) is 0 Å². The van der Waals surface area contributed by atoms with Crippen molar-refractivity contribution in [3.05, 3.63) is 103 Å². The molecule has 0 radical (unpaired) electrons. The van der Waals surface area contributed by atoms with Gasteiger partial charge in [-0.05, 0) is 43.8 Å². The van der Waals surface area contributed by atoms with Crippen LogP contribution >= 0.6 is 0 Å². The van der Waals surface area contributed by atoms with Crippen LogP contribution in [0.2, 0.25) is 0 Å². The predicted octanol–water partition coefficient (Wildman–Crippen LogP) is 8.09.